The van der Waals surface area contributed by atoms with E-state index in [1.54, 1.807) is 19.3 Å². The van der Waals surface area contributed by atoms with Gasteiger partial charge in [0, 0.05) is 12.4 Å². The third kappa shape index (κ3) is 2.59. The number of imidazole rings is 1. The molecule has 1 aromatic heterocycles. The Morgan fingerprint density at radius 3 is 2.89 bits per heavy atom. The quantitative estimate of drug-likeness (QED) is 0.830. The molecule has 1 unspecified atom stereocenters. The largest absolute Gasteiger partial charge is 0.481 e. The zero-order valence-electron chi connectivity index (χ0n) is 10.5. The number of carbonyl (C=O) groups excluding carboxylic acids is 1. The van der Waals surface area contributed by atoms with Crippen LogP contribution in [0.4, 0.5) is 0 Å². The predicted molar refractivity (Wildman–Crippen MR) is 68.8 cm³/mol. The highest BCUT2D eigenvalue weighted by molar-refractivity contribution is 5.83. The molecule has 0 radical (unpaired) electrons. The first-order valence-corrected chi connectivity index (χ1v) is 5.99. The maximum Gasteiger partial charge on any atom is 0.272 e. The van der Waals surface area contributed by atoms with Crippen molar-refractivity contribution in [3.8, 4) is 5.75 Å². The number of ether oxygens (including phenoxy) is 1. The summed E-state index contributed by atoms with van der Waals surface area (Å²) in [6.45, 7) is 3.80. The van der Waals surface area contributed by atoms with Gasteiger partial charge < -0.3 is 4.74 Å². The van der Waals surface area contributed by atoms with E-state index in [-0.39, 0.29) is 5.91 Å². The number of hydrogen-bond acceptors (Lipinski definition) is 3. The second kappa shape index (κ2) is 5.49. The van der Waals surface area contributed by atoms with Gasteiger partial charge in [-0.05, 0) is 25.0 Å². The fourth-order valence-corrected chi connectivity index (χ4v) is 1.75. The third-order valence-electron chi connectivity index (χ3n) is 2.76. The topological polar surface area (TPSA) is 44.1 Å². The van der Waals surface area contributed by atoms with Gasteiger partial charge in [0.2, 0.25) is 0 Å². The molecule has 1 heterocycles. The van der Waals surface area contributed by atoms with Crippen LogP contribution in [0.15, 0.2) is 43.0 Å². The SMILES string of the molecule is CCc1ccccc1OC(C)C(=O)n1ccnc1. The van der Waals surface area contributed by atoms with Crippen LogP contribution in [0.2, 0.25) is 0 Å². The van der Waals surface area contributed by atoms with Crippen LogP contribution in [0, 0.1) is 0 Å². The molecule has 0 fully saturated rings. The van der Waals surface area contributed by atoms with E-state index in [9.17, 15) is 4.79 Å². The minimum atomic E-state index is -0.535. The lowest BCUT2D eigenvalue weighted by Crippen LogP contribution is -2.28. The molecule has 2 aromatic rings. The van der Waals surface area contributed by atoms with Gasteiger partial charge in [-0.25, -0.2) is 4.98 Å². The average Bonchev–Trinajstić information content (AvgIpc) is 2.92. The summed E-state index contributed by atoms with van der Waals surface area (Å²) < 4.78 is 7.15. The zero-order chi connectivity index (χ0) is 13.0. The number of aromatic nitrogens is 2. The second-order valence-corrected chi connectivity index (χ2v) is 4.03. The van der Waals surface area contributed by atoms with Crippen LogP contribution in [-0.2, 0) is 6.42 Å². The van der Waals surface area contributed by atoms with Crippen molar-refractivity contribution >= 4 is 5.91 Å². The molecular formula is C14H16N2O2. The van der Waals surface area contributed by atoms with Crippen LogP contribution in [-0.4, -0.2) is 21.6 Å². The van der Waals surface area contributed by atoms with Gasteiger partial charge in [0.15, 0.2) is 6.10 Å². The molecule has 0 amide bonds. The zero-order valence-corrected chi connectivity index (χ0v) is 10.5. The van der Waals surface area contributed by atoms with Crippen LogP contribution in [0.3, 0.4) is 0 Å². The van der Waals surface area contributed by atoms with Gasteiger partial charge >= 0.3 is 0 Å². The summed E-state index contributed by atoms with van der Waals surface area (Å²) in [7, 11) is 0. The first kappa shape index (κ1) is 12.4. The number of nitrogens with zero attached hydrogens (tertiary/aromatic N) is 2. The Morgan fingerprint density at radius 2 is 2.22 bits per heavy atom. The van der Waals surface area contributed by atoms with Crippen molar-refractivity contribution in [1.82, 2.24) is 9.55 Å². The normalized spacial score (nSPS) is 12.1. The summed E-state index contributed by atoms with van der Waals surface area (Å²) in [5.41, 5.74) is 1.10. The van der Waals surface area contributed by atoms with Crippen LogP contribution >= 0.6 is 0 Å². The molecule has 0 aliphatic heterocycles. The van der Waals surface area contributed by atoms with Crippen LogP contribution in [0.25, 0.3) is 0 Å². The Hall–Kier alpha value is -2.10. The molecule has 0 bridgehead atoms. The van der Waals surface area contributed by atoms with Gasteiger partial charge in [0.1, 0.15) is 12.1 Å². The first-order chi connectivity index (χ1) is 8.72. The lowest BCUT2D eigenvalue weighted by atomic mass is 10.1. The van der Waals surface area contributed by atoms with Gasteiger partial charge in [-0.15, -0.1) is 0 Å². The smallest absolute Gasteiger partial charge is 0.272 e. The predicted octanol–water partition coefficient (Wildman–Crippen LogP) is 2.55. The van der Waals surface area contributed by atoms with E-state index in [4.69, 9.17) is 4.74 Å². The van der Waals surface area contributed by atoms with E-state index in [2.05, 4.69) is 11.9 Å². The van der Waals surface area contributed by atoms with Crippen molar-refractivity contribution in [3.63, 3.8) is 0 Å². The molecule has 94 valence electrons. The van der Waals surface area contributed by atoms with Gasteiger partial charge in [0.25, 0.3) is 5.91 Å². The molecule has 0 aliphatic carbocycles. The van der Waals surface area contributed by atoms with Gasteiger partial charge in [-0.3, -0.25) is 9.36 Å². The summed E-state index contributed by atoms with van der Waals surface area (Å²) in [6, 6.07) is 7.76. The van der Waals surface area contributed by atoms with E-state index in [0.717, 1.165) is 17.7 Å². The van der Waals surface area contributed by atoms with E-state index in [1.165, 1.54) is 10.9 Å². The Morgan fingerprint density at radius 1 is 1.44 bits per heavy atom. The number of rotatable bonds is 4. The summed E-state index contributed by atoms with van der Waals surface area (Å²) in [4.78, 5) is 15.9. The highest BCUT2D eigenvalue weighted by Crippen LogP contribution is 2.20. The van der Waals surface area contributed by atoms with Crippen LogP contribution in [0.1, 0.15) is 24.2 Å². The van der Waals surface area contributed by atoms with E-state index < -0.39 is 6.10 Å². The van der Waals surface area contributed by atoms with Crippen molar-refractivity contribution in [2.75, 3.05) is 0 Å². The Bertz CT molecular complexity index is 520. The number of para-hydroxylation sites is 1. The molecule has 2 rings (SSSR count). The fraction of sp³-hybridized carbons (Fsp3) is 0.286. The van der Waals surface area contributed by atoms with Crippen molar-refractivity contribution in [2.24, 2.45) is 0 Å². The van der Waals surface area contributed by atoms with Gasteiger partial charge in [-0.2, -0.15) is 0 Å². The molecule has 4 nitrogen and oxygen atoms in total. The number of benzene rings is 1. The highest BCUT2D eigenvalue weighted by Gasteiger charge is 2.17. The molecule has 4 heteroatoms. The fourth-order valence-electron chi connectivity index (χ4n) is 1.75. The second-order valence-electron chi connectivity index (χ2n) is 4.03. The minimum absolute atomic E-state index is 0.126. The molecule has 0 spiro atoms. The van der Waals surface area contributed by atoms with Gasteiger partial charge in [-0.1, -0.05) is 25.1 Å². The molecule has 0 saturated heterocycles. The maximum absolute atomic E-state index is 12.0. The van der Waals surface area contributed by atoms with Gasteiger partial charge in [0.05, 0.1) is 0 Å². The van der Waals surface area contributed by atoms with Crippen LogP contribution in [0.5, 0.6) is 5.75 Å². The summed E-state index contributed by atoms with van der Waals surface area (Å²) in [5, 5.41) is 0. The van der Waals surface area contributed by atoms with Crippen molar-refractivity contribution in [1.29, 1.82) is 0 Å². The Balaban J connectivity index is 2.11. The highest BCUT2D eigenvalue weighted by atomic mass is 16.5. The average molecular weight is 244 g/mol. The molecule has 0 aliphatic rings. The van der Waals surface area contributed by atoms with Crippen molar-refractivity contribution in [3.05, 3.63) is 48.5 Å². The van der Waals surface area contributed by atoms with Crippen LogP contribution < -0.4 is 4.74 Å². The molecule has 1 aromatic carbocycles. The molecule has 18 heavy (non-hydrogen) atoms. The molecule has 0 saturated carbocycles. The lowest BCUT2D eigenvalue weighted by molar-refractivity contribution is 0.0726. The lowest BCUT2D eigenvalue weighted by Gasteiger charge is -2.16. The summed E-state index contributed by atoms with van der Waals surface area (Å²) in [6.07, 6.45) is 5.01. The standard InChI is InChI=1S/C14H16N2O2/c1-3-12-6-4-5-7-13(12)18-11(2)14(17)16-9-8-15-10-16/h4-11H,3H2,1-2H3. The minimum Gasteiger partial charge on any atom is -0.481 e. The number of carbonyl (C=O) groups is 1. The number of hydrogen-bond donors (Lipinski definition) is 0. The van der Waals surface area contributed by atoms with E-state index in [0.29, 0.717) is 0 Å². The molecule has 0 N–H and O–H groups in total. The third-order valence-corrected chi connectivity index (χ3v) is 2.76. The molecule has 1 atom stereocenters. The van der Waals surface area contributed by atoms with Crippen molar-refractivity contribution < 1.29 is 9.53 Å². The Kier molecular flexibility index (Phi) is 3.77. The number of aryl methyl sites for hydroxylation is 1. The monoisotopic (exact) mass is 244 g/mol. The van der Waals surface area contributed by atoms with E-state index in [1.807, 2.05) is 24.3 Å². The summed E-state index contributed by atoms with van der Waals surface area (Å²) in [5.74, 6) is 0.638. The Labute approximate surface area is 106 Å². The molecular weight excluding hydrogens is 228 g/mol. The van der Waals surface area contributed by atoms with Crippen molar-refractivity contribution in [2.45, 2.75) is 26.4 Å². The summed E-state index contributed by atoms with van der Waals surface area (Å²) >= 11 is 0. The van der Waals surface area contributed by atoms with E-state index >= 15 is 0 Å². The first-order valence-electron chi connectivity index (χ1n) is 5.99. The maximum atomic E-state index is 12.0.